The molecule has 5 heteroatoms. The Bertz CT molecular complexity index is 795. The number of rotatable bonds is 7. The molecule has 0 fully saturated rings. The van der Waals surface area contributed by atoms with E-state index in [1.54, 1.807) is 21.0 Å². The largest absolute Gasteiger partial charge is 0.496 e. The number of carbonyl (C=O) groups is 2. The molecular weight excluding hydrogens is 340 g/mol. The highest BCUT2D eigenvalue weighted by molar-refractivity contribution is 6.09. The molecule has 0 atom stereocenters. The van der Waals surface area contributed by atoms with Crippen LogP contribution < -0.4 is 15.4 Å². The van der Waals surface area contributed by atoms with Crippen molar-refractivity contribution < 1.29 is 14.3 Å². The molecule has 144 valence electrons. The number of carbonyl (C=O) groups excluding carboxylic acids is 2. The van der Waals surface area contributed by atoms with Gasteiger partial charge in [0.1, 0.15) is 11.2 Å². The summed E-state index contributed by atoms with van der Waals surface area (Å²) >= 11 is 0. The van der Waals surface area contributed by atoms with Crippen LogP contribution in [0, 0.1) is 5.41 Å². The van der Waals surface area contributed by atoms with Gasteiger partial charge in [-0.3, -0.25) is 9.59 Å². The average Bonchev–Trinajstić information content (AvgIpc) is 2.66. The Hall–Kier alpha value is -2.82. The van der Waals surface area contributed by atoms with Crippen molar-refractivity contribution in [3.63, 3.8) is 0 Å². The van der Waals surface area contributed by atoms with Crippen LogP contribution in [0.25, 0.3) is 0 Å². The zero-order chi connectivity index (χ0) is 20.0. The van der Waals surface area contributed by atoms with E-state index in [2.05, 4.69) is 24.5 Å². The molecule has 0 aliphatic carbocycles. The van der Waals surface area contributed by atoms with E-state index in [1.807, 2.05) is 48.5 Å². The lowest BCUT2D eigenvalue weighted by Gasteiger charge is -2.23. The maximum absolute atomic E-state index is 12.6. The third-order valence-electron chi connectivity index (χ3n) is 4.60. The second kappa shape index (κ2) is 8.71. The highest BCUT2D eigenvalue weighted by atomic mass is 16.5. The van der Waals surface area contributed by atoms with Crippen molar-refractivity contribution >= 4 is 17.5 Å². The number of hydrogen-bond donors (Lipinski definition) is 2. The zero-order valence-corrected chi connectivity index (χ0v) is 16.6. The number of amides is 2. The highest BCUT2D eigenvalue weighted by Gasteiger charge is 2.36. The SMILES string of the molecule is COc1ccccc1CNC(=O)C(C)(C)C(=O)Nc1ccc(C(C)C)cc1. The van der Waals surface area contributed by atoms with Gasteiger partial charge in [-0.15, -0.1) is 0 Å². The van der Waals surface area contributed by atoms with Crippen LogP contribution in [-0.4, -0.2) is 18.9 Å². The normalized spacial score (nSPS) is 11.2. The average molecular weight is 368 g/mol. The molecule has 2 amide bonds. The van der Waals surface area contributed by atoms with Gasteiger partial charge < -0.3 is 15.4 Å². The summed E-state index contributed by atoms with van der Waals surface area (Å²) in [4.78, 5) is 25.2. The molecule has 5 nitrogen and oxygen atoms in total. The molecule has 0 saturated carbocycles. The van der Waals surface area contributed by atoms with Gasteiger partial charge in [-0.2, -0.15) is 0 Å². The molecule has 2 aromatic rings. The van der Waals surface area contributed by atoms with Crippen molar-refractivity contribution in [3.8, 4) is 5.75 Å². The Morgan fingerprint density at radius 1 is 1.00 bits per heavy atom. The first kappa shape index (κ1) is 20.5. The lowest BCUT2D eigenvalue weighted by molar-refractivity contribution is -0.138. The lowest BCUT2D eigenvalue weighted by atomic mass is 9.90. The Kier molecular flexibility index (Phi) is 6.61. The molecule has 0 aromatic heterocycles. The Morgan fingerprint density at radius 2 is 1.63 bits per heavy atom. The fourth-order valence-electron chi connectivity index (χ4n) is 2.59. The van der Waals surface area contributed by atoms with Gasteiger partial charge in [-0.1, -0.05) is 44.2 Å². The summed E-state index contributed by atoms with van der Waals surface area (Å²) in [5.41, 5.74) is 1.52. The van der Waals surface area contributed by atoms with Crippen molar-refractivity contribution in [2.75, 3.05) is 12.4 Å². The summed E-state index contributed by atoms with van der Waals surface area (Å²) in [5, 5.41) is 5.65. The second-order valence-electron chi connectivity index (χ2n) is 7.35. The Balaban J connectivity index is 2.00. The number of methoxy groups -OCH3 is 1. The van der Waals surface area contributed by atoms with Gasteiger partial charge in [-0.05, 0) is 43.5 Å². The predicted molar refractivity (Wildman–Crippen MR) is 108 cm³/mol. The van der Waals surface area contributed by atoms with E-state index >= 15 is 0 Å². The summed E-state index contributed by atoms with van der Waals surface area (Å²) in [7, 11) is 1.59. The van der Waals surface area contributed by atoms with E-state index < -0.39 is 5.41 Å². The van der Waals surface area contributed by atoms with Crippen LogP contribution in [-0.2, 0) is 16.1 Å². The van der Waals surface area contributed by atoms with E-state index in [1.165, 1.54) is 5.56 Å². The molecule has 0 bridgehead atoms. The van der Waals surface area contributed by atoms with Crippen LogP contribution in [0.4, 0.5) is 5.69 Å². The van der Waals surface area contributed by atoms with Crippen molar-refractivity contribution in [3.05, 3.63) is 59.7 Å². The first-order chi connectivity index (χ1) is 12.8. The molecule has 0 saturated heterocycles. The summed E-state index contributed by atoms with van der Waals surface area (Å²) in [6.45, 7) is 7.75. The van der Waals surface area contributed by atoms with Gasteiger partial charge in [0.05, 0.1) is 7.11 Å². The van der Waals surface area contributed by atoms with Crippen molar-refractivity contribution in [1.29, 1.82) is 0 Å². The standard InChI is InChI=1S/C22H28N2O3/c1-15(2)16-10-12-18(13-11-16)24-21(26)22(3,4)20(25)23-14-17-8-6-7-9-19(17)27-5/h6-13,15H,14H2,1-5H3,(H,23,25)(H,24,26). The first-order valence-electron chi connectivity index (χ1n) is 9.07. The molecule has 0 spiro atoms. The van der Waals surface area contributed by atoms with E-state index in [0.717, 1.165) is 5.56 Å². The number of benzene rings is 2. The minimum atomic E-state index is -1.21. The number of anilines is 1. The summed E-state index contributed by atoms with van der Waals surface area (Å²) in [5.74, 6) is 0.430. The van der Waals surface area contributed by atoms with Crippen LogP contribution in [0.15, 0.2) is 48.5 Å². The molecule has 0 radical (unpaired) electrons. The highest BCUT2D eigenvalue weighted by Crippen LogP contribution is 2.22. The minimum Gasteiger partial charge on any atom is -0.496 e. The van der Waals surface area contributed by atoms with E-state index in [-0.39, 0.29) is 11.8 Å². The second-order valence-corrected chi connectivity index (χ2v) is 7.35. The third kappa shape index (κ3) is 5.09. The van der Waals surface area contributed by atoms with E-state index in [0.29, 0.717) is 23.9 Å². The summed E-state index contributed by atoms with van der Waals surface area (Å²) < 4.78 is 5.29. The van der Waals surface area contributed by atoms with Crippen molar-refractivity contribution in [2.45, 2.75) is 40.2 Å². The molecule has 27 heavy (non-hydrogen) atoms. The quantitative estimate of drug-likeness (QED) is 0.723. The Labute approximate surface area is 161 Å². The summed E-state index contributed by atoms with van der Waals surface area (Å²) in [6, 6.07) is 15.1. The molecule has 0 heterocycles. The smallest absolute Gasteiger partial charge is 0.239 e. The van der Waals surface area contributed by atoms with Crippen LogP contribution in [0.1, 0.15) is 44.7 Å². The Morgan fingerprint density at radius 3 is 2.22 bits per heavy atom. The van der Waals surface area contributed by atoms with Crippen LogP contribution >= 0.6 is 0 Å². The van der Waals surface area contributed by atoms with Gasteiger partial charge in [-0.25, -0.2) is 0 Å². The van der Waals surface area contributed by atoms with Gasteiger partial charge >= 0.3 is 0 Å². The molecule has 0 unspecified atom stereocenters. The van der Waals surface area contributed by atoms with E-state index in [9.17, 15) is 9.59 Å². The maximum atomic E-state index is 12.6. The van der Waals surface area contributed by atoms with E-state index in [4.69, 9.17) is 4.74 Å². The van der Waals surface area contributed by atoms with Crippen LogP contribution in [0.3, 0.4) is 0 Å². The number of ether oxygens (including phenoxy) is 1. The fraction of sp³-hybridized carbons (Fsp3) is 0.364. The maximum Gasteiger partial charge on any atom is 0.239 e. The van der Waals surface area contributed by atoms with Crippen molar-refractivity contribution in [2.24, 2.45) is 5.41 Å². The van der Waals surface area contributed by atoms with Crippen LogP contribution in [0.5, 0.6) is 5.75 Å². The number of hydrogen-bond acceptors (Lipinski definition) is 3. The number of nitrogens with one attached hydrogen (secondary N) is 2. The minimum absolute atomic E-state index is 0.294. The van der Waals surface area contributed by atoms with Gasteiger partial charge in [0, 0.05) is 17.8 Å². The zero-order valence-electron chi connectivity index (χ0n) is 16.6. The molecular formula is C22H28N2O3. The van der Waals surface area contributed by atoms with Gasteiger partial charge in [0.25, 0.3) is 0 Å². The first-order valence-corrected chi connectivity index (χ1v) is 9.07. The predicted octanol–water partition coefficient (Wildman–Crippen LogP) is 4.10. The summed E-state index contributed by atoms with van der Waals surface area (Å²) in [6.07, 6.45) is 0. The molecule has 0 aliphatic rings. The molecule has 2 N–H and O–H groups in total. The van der Waals surface area contributed by atoms with Gasteiger partial charge in [0.15, 0.2) is 0 Å². The van der Waals surface area contributed by atoms with Crippen LogP contribution in [0.2, 0.25) is 0 Å². The molecule has 0 aliphatic heterocycles. The topological polar surface area (TPSA) is 67.4 Å². The molecule has 2 rings (SSSR count). The lowest BCUT2D eigenvalue weighted by Crippen LogP contribution is -2.44. The van der Waals surface area contributed by atoms with Crippen molar-refractivity contribution in [1.82, 2.24) is 5.32 Å². The number of para-hydroxylation sites is 1. The fourth-order valence-corrected chi connectivity index (χ4v) is 2.59. The third-order valence-corrected chi connectivity index (χ3v) is 4.60. The molecule has 2 aromatic carbocycles. The van der Waals surface area contributed by atoms with Gasteiger partial charge in [0.2, 0.25) is 11.8 Å². The monoisotopic (exact) mass is 368 g/mol.